The molecule has 0 aliphatic carbocycles. The average molecular weight is 201 g/mol. The molecule has 1 aliphatic rings. The van der Waals surface area contributed by atoms with Crippen molar-refractivity contribution in [1.29, 1.82) is 0 Å². The molecule has 0 aromatic heterocycles. The van der Waals surface area contributed by atoms with Crippen LogP contribution in [-0.4, -0.2) is 36.0 Å². The minimum Gasteiger partial charge on any atom is -0.302 e. The summed E-state index contributed by atoms with van der Waals surface area (Å²) in [5.41, 5.74) is 0.518. The van der Waals surface area contributed by atoms with E-state index in [0.29, 0.717) is 5.41 Å². The standard InChI is InChI=1S/C11H23NS/c1-11(2,3)5-4-6-12-7-9-13-10-8-12/h4-10H2,1-3H3. The molecule has 0 saturated carbocycles. The van der Waals surface area contributed by atoms with Gasteiger partial charge in [0.25, 0.3) is 0 Å². The van der Waals surface area contributed by atoms with Gasteiger partial charge in [0.05, 0.1) is 0 Å². The highest BCUT2D eigenvalue weighted by molar-refractivity contribution is 7.99. The van der Waals surface area contributed by atoms with Crippen LogP contribution in [0.2, 0.25) is 0 Å². The fraction of sp³-hybridized carbons (Fsp3) is 1.00. The Balaban J connectivity index is 2.04. The molecule has 1 fully saturated rings. The topological polar surface area (TPSA) is 3.24 Å². The first-order valence-electron chi connectivity index (χ1n) is 5.38. The van der Waals surface area contributed by atoms with Crippen molar-refractivity contribution >= 4 is 11.8 Å². The smallest absolute Gasteiger partial charge is 0.00727 e. The molecule has 0 atom stereocenters. The van der Waals surface area contributed by atoms with Crippen LogP contribution in [-0.2, 0) is 0 Å². The van der Waals surface area contributed by atoms with Crippen LogP contribution in [0.15, 0.2) is 0 Å². The Labute approximate surface area is 87.3 Å². The monoisotopic (exact) mass is 201 g/mol. The fourth-order valence-electron chi connectivity index (χ4n) is 1.66. The minimum atomic E-state index is 0.518. The average Bonchev–Trinajstić information content (AvgIpc) is 2.04. The molecule has 1 aliphatic heterocycles. The van der Waals surface area contributed by atoms with E-state index >= 15 is 0 Å². The molecule has 1 rings (SSSR count). The molecule has 13 heavy (non-hydrogen) atoms. The summed E-state index contributed by atoms with van der Waals surface area (Å²) in [5.74, 6) is 2.69. The van der Waals surface area contributed by atoms with Crippen molar-refractivity contribution in [1.82, 2.24) is 4.90 Å². The first-order chi connectivity index (χ1) is 6.08. The summed E-state index contributed by atoms with van der Waals surface area (Å²) in [4.78, 5) is 2.61. The number of rotatable bonds is 3. The molecule has 0 spiro atoms. The van der Waals surface area contributed by atoms with E-state index in [-0.39, 0.29) is 0 Å². The summed E-state index contributed by atoms with van der Waals surface area (Å²) in [7, 11) is 0. The SMILES string of the molecule is CC(C)(C)CCCN1CCSCC1. The van der Waals surface area contributed by atoms with Crippen LogP contribution >= 0.6 is 11.8 Å². The quantitative estimate of drug-likeness (QED) is 0.691. The summed E-state index contributed by atoms with van der Waals surface area (Å²) in [6.45, 7) is 10.9. The Kier molecular flexibility index (Phi) is 4.60. The Bertz CT molecular complexity index is 134. The second-order valence-corrected chi connectivity index (χ2v) is 6.34. The molecule has 0 bridgehead atoms. The molecule has 0 amide bonds. The zero-order valence-corrected chi connectivity index (χ0v) is 10.1. The normalized spacial score (nSPS) is 20.5. The largest absolute Gasteiger partial charge is 0.302 e. The molecule has 0 radical (unpaired) electrons. The summed E-state index contributed by atoms with van der Waals surface area (Å²) in [5, 5.41) is 0. The highest BCUT2D eigenvalue weighted by Gasteiger charge is 2.13. The van der Waals surface area contributed by atoms with E-state index in [1.807, 2.05) is 0 Å². The van der Waals surface area contributed by atoms with E-state index in [1.165, 1.54) is 44.0 Å². The van der Waals surface area contributed by atoms with Gasteiger partial charge in [0.1, 0.15) is 0 Å². The first-order valence-corrected chi connectivity index (χ1v) is 6.53. The second kappa shape index (κ2) is 5.26. The Morgan fingerprint density at radius 1 is 1.15 bits per heavy atom. The Hall–Kier alpha value is 0.310. The van der Waals surface area contributed by atoms with Gasteiger partial charge in [-0.25, -0.2) is 0 Å². The molecule has 1 saturated heterocycles. The summed E-state index contributed by atoms with van der Waals surface area (Å²) >= 11 is 2.10. The van der Waals surface area contributed by atoms with E-state index in [4.69, 9.17) is 0 Å². The van der Waals surface area contributed by atoms with Crippen LogP contribution in [0.25, 0.3) is 0 Å². The highest BCUT2D eigenvalue weighted by atomic mass is 32.2. The lowest BCUT2D eigenvalue weighted by atomic mass is 9.90. The highest BCUT2D eigenvalue weighted by Crippen LogP contribution is 2.21. The van der Waals surface area contributed by atoms with Gasteiger partial charge in [-0.15, -0.1) is 0 Å². The Morgan fingerprint density at radius 3 is 2.31 bits per heavy atom. The van der Waals surface area contributed by atoms with Crippen molar-refractivity contribution in [2.75, 3.05) is 31.1 Å². The minimum absolute atomic E-state index is 0.518. The van der Waals surface area contributed by atoms with E-state index < -0.39 is 0 Å². The van der Waals surface area contributed by atoms with E-state index in [0.717, 1.165) is 0 Å². The van der Waals surface area contributed by atoms with Crippen LogP contribution in [0.1, 0.15) is 33.6 Å². The molecule has 0 aromatic rings. The van der Waals surface area contributed by atoms with Crippen LogP contribution in [0.5, 0.6) is 0 Å². The van der Waals surface area contributed by atoms with E-state index in [1.54, 1.807) is 0 Å². The zero-order valence-electron chi connectivity index (χ0n) is 9.31. The lowest BCUT2D eigenvalue weighted by Crippen LogP contribution is -2.33. The van der Waals surface area contributed by atoms with Crippen LogP contribution in [0, 0.1) is 5.41 Å². The first kappa shape index (κ1) is 11.4. The number of hydrogen-bond donors (Lipinski definition) is 0. The molecule has 2 heteroatoms. The van der Waals surface area contributed by atoms with Crippen molar-refractivity contribution in [3.63, 3.8) is 0 Å². The maximum absolute atomic E-state index is 2.61. The van der Waals surface area contributed by atoms with Gasteiger partial charge >= 0.3 is 0 Å². The molecule has 78 valence electrons. The third kappa shape index (κ3) is 5.58. The van der Waals surface area contributed by atoms with Crippen molar-refractivity contribution in [2.45, 2.75) is 33.6 Å². The van der Waals surface area contributed by atoms with Gasteiger partial charge in [-0.05, 0) is 24.8 Å². The van der Waals surface area contributed by atoms with Gasteiger partial charge in [0.15, 0.2) is 0 Å². The summed E-state index contributed by atoms with van der Waals surface area (Å²) < 4.78 is 0. The van der Waals surface area contributed by atoms with Crippen molar-refractivity contribution in [3.8, 4) is 0 Å². The lowest BCUT2D eigenvalue weighted by molar-refractivity contribution is 0.267. The van der Waals surface area contributed by atoms with Crippen LogP contribution in [0.4, 0.5) is 0 Å². The zero-order chi connectivity index (χ0) is 9.73. The van der Waals surface area contributed by atoms with Crippen LogP contribution in [0.3, 0.4) is 0 Å². The van der Waals surface area contributed by atoms with Gasteiger partial charge in [-0.2, -0.15) is 11.8 Å². The van der Waals surface area contributed by atoms with Gasteiger partial charge in [0.2, 0.25) is 0 Å². The molecular formula is C11H23NS. The predicted octanol–water partition coefficient (Wildman–Crippen LogP) is 2.86. The van der Waals surface area contributed by atoms with E-state index in [9.17, 15) is 0 Å². The van der Waals surface area contributed by atoms with Crippen molar-refractivity contribution < 1.29 is 0 Å². The molecule has 1 heterocycles. The van der Waals surface area contributed by atoms with Crippen molar-refractivity contribution in [2.24, 2.45) is 5.41 Å². The van der Waals surface area contributed by atoms with Gasteiger partial charge in [0, 0.05) is 24.6 Å². The summed E-state index contributed by atoms with van der Waals surface area (Å²) in [6, 6.07) is 0. The third-order valence-corrected chi connectivity index (χ3v) is 3.45. The second-order valence-electron chi connectivity index (χ2n) is 5.12. The molecule has 1 nitrogen and oxygen atoms in total. The van der Waals surface area contributed by atoms with Gasteiger partial charge < -0.3 is 4.90 Å². The van der Waals surface area contributed by atoms with Gasteiger partial charge in [-0.1, -0.05) is 20.8 Å². The van der Waals surface area contributed by atoms with Gasteiger partial charge in [-0.3, -0.25) is 0 Å². The maximum atomic E-state index is 2.61. The lowest BCUT2D eigenvalue weighted by Gasteiger charge is -2.27. The van der Waals surface area contributed by atoms with Crippen LogP contribution < -0.4 is 0 Å². The molecular weight excluding hydrogens is 178 g/mol. The van der Waals surface area contributed by atoms with Crippen molar-refractivity contribution in [3.05, 3.63) is 0 Å². The molecule has 0 aromatic carbocycles. The number of nitrogens with zero attached hydrogens (tertiary/aromatic N) is 1. The maximum Gasteiger partial charge on any atom is 0.00727 e. The fourth-order valence-corrected chi connectivity index (χ4v) is 2.64. The number of thioether (sulfide) groups is 1. The Morgan fingerprint density at radius 2 is 1.77 bits per heavy atom. The third-order valence-electron chi connectivity index (χ3n) is 2.50. The predicted molar refractivity (Wildman–Crippen MR) is 62.5 cm³/mol. The summed E-state index contributed by atoms with van der Waals surface area (Å²) in [6.07, 6.45) is 2.73. The molecule has 0 unspecified atom stereocenters. The molecule has 0 N–H and O–H groups in total. The number of hydrogen-bond acceptors (Lipinski definition) is 2. The van der Waals surface area contributed by atoms with E-state index in [2.05, 4.69) is 37.4 Å².